The number of benzene rings is 2. The van der Waals surface area contributed by atoms with Gasteiger partial charge in [-0.3, -0.25) is 0 Å². The van der Waals surface area contributed by atoms with Gasteiger partial charge in [0.25, 0.3) is 0 Å². The summed E-state index contributed by atoms with van der Waals surface area (Å²) >= 11 is 3.30. The summed E-state index contributed by atoms with van der Waals surface area (Å²) in [5, 5.41) is 10.1. The summed E-state index contributed by atoms with van der Waals surface area (Å²) in [5.74, 6) is -0.420. The fourth-order valence-electron chi connectivity index (χ4n) is 6.70. The molecule has 0 aromatic heterocycles. The van der Waals surface area contributed by atoms with Gasteiger partial charge in [0.05, 0.1) is 24.6 Å². The SMILES string of the molecule is BrCCOC1CCCCO1.CC(C)(C)OC(=O)N1CCN(c2ccc(O)cc2F)CC1.CC(C)(C)OC(=O)N1CCN(c2ccc(OCCOC3CCCCO3)cc2F)CC1. The van der Waals surface area contributed by atoms with E-state index in [2.05, 4.69) is 15.9 Å². The third-order valence-corrected chi connectivity index (χ3v) is 10.0. The van der Waals surface area contributed by atoms with Gasteiger partial charge in [0.1, 0.15) is 40.9 Å². The lowest BCUT2D eigenvalue weighted by atomic mass is 10.2. The van der Waals surface area contributed by atoms with Crippen molar-refractivity contribution in [1.29, 1.82) is 0 Å². The van der Waals surface area contributed by atoms with Gasteiger partial charge in [0.2, 0.25) is 0 Å². The van der Waals surface area contributed by atoms with E-state index in [9.17, 15) is 23.5 Å². The molecular weight excluding hydrogens is 862 g/mol. The molecule has 2 aromatic carbocycles. The largest absolute Gasteiger partial charge is 0.508 e. The minimum absolute atomic E-state index is 0.0753. The highest BCUT2D eigenvalue weighted by atomic mass is 79.9. The number of ether oxygens (including phenoxy) is 7. The summed E-state index contributed by atoms with van der Waals surface area (Å²) in [6, 6.07) is 8.98. The zero-order valence-corrected chi connectivity index (χ0v) is 38.4. The fourth-order valence-corrected chi connectivity index (χ4v) is 6.89. The monoisotopic (exact) mass is 928 g/mol. The molecule has 2 unspecified atom stereocenters. The Labute approximate surface area is 368 Å². The topological polar surface area (TPSA) is 132 Å². The van der Waals surface area contributed by atoms with E-state index in [0.717, 1.165) is 56.9 Å². The highest BCUT2D eigenvalue weighted by Gasteiger charge is 2.28. The number of phenolic OH excluding ortho intramolecular Hbond substituents is 1. The lowest BCUT2D eigenvalue weighted by Gasteiger charge is -2.36. The number of phenols is 1. The standard InChI is InChI=1S/C22H33FN2O5.C15H21FN2O3.C7H13BrO2/c1-22(2,3)30-21(26)25-11-9-24(10-12-25)19-8-7-17(16-18(19)23)27-14-15-29-20-6-4-5-13-28-20;1-15(2,3)21-14(20)18-8-6-17(7-9-18)13-5-4-11(19)10-12(13)16;8-4-6-10-7-3-1-2-5-9-7/h7-8,16,20H,4-6,9-15H2,1-3H3;4-5,10,19H,6-9H2,1-3H3;7H,1-6H2. The Morgan fingerprint density at radius 2 is 1.13 bits per heavy atom. The first-order valence-electron chi connectivity index (χ1n) is 21.4. The summed E-state index contributed by atoms with van der Waals surface area (Å²) in [5.41, 5.74) is -0.0864. The number of piperazine rings is 2. The predicted molar refractivity (Wildman–Crippen MR) is 233 cm³/mol. The Morgan fingerprint density at radius 3 is 1.54 bits per heavy atom. The second kappa shape index (κ2) is 24.9. The Bertz CT molecular complexity index is 1620. The maximum absolute atomic E-state index is 14.6. The minimum Gasteiger partial charge on any atom is -0.508 e. The molecule has 0 spiro atoms. The van der Waals surface area contributed by atoms with Crippen LogP contribution in [0, 0.1) is 11.6 Å². The Morgan fingerprint density at radius 1 is 0.672 bits per heavy atom. The third-order valence-electron chi connectivity index (χ3n) is 9.71. The van der Waals surface area contributed by atoms with Crippen LogP contribution in [0.25, 0.3) is 0 Å². The normalized spacial score (nSPS) is 19.8. The smallest absolute Gasteiger partial charge is 0.410 e. The summed E-state index contributed by atoms with van der Waals surface area (Å²) in [7, 11) is 0. The number of carbonyl (C=O) groups excluding carboxylic acids is 2. The number of hydrogen-bond acceptors (Lipinski definition) is 12. The first-order valence-corrected chi connectivity index (χ1v) is 22.5. The molecule has 2 atom stereocenters. The lowest BCUT2D eigenvalue weighted by molar-refractivity contribution is -0.165. The average molecular weight is 930 g/mol. The summed E-state index contributed by atoms with van der Waals surface area (Å²) < 4.78 is 66.6. The van der Waals surface area contributed by atoms with Gasteiger partial charge in [-0.2, -0.15) is 0 Å². The molecule has 0 aliphatic carbocycles. The van der Waals surface area contributed by atoms with Crippen LogP contribution in [0.15, 0.2) is 36.4 Å². The van der Waals surface area contributed by atoms with Crippen molar-refractivity contribution in [2.45, 2.75) is 104 Å². The molecule has 4 aliphatic heterocycles. The first-order chi connectivity index (χ1) is 29.0. The zero-order valence-electron chi connectivity index (χ0n) is 36.8. The molecule has 17 heteroatoms. The summed E-state index contributed by atoms with van der Waals surface area (Å²) in [4.78, 5) is 31.2. The van der Waals surface area contributed by atoms with Crippen LogP contribution in [0.4, 0.5) is 29.7 Å². The Balaban J connectivity index is 0.000000228. The van der Waals surface area contributed by atoms with Crippen LogP contribution in [0.3, 0.4) is 0 Å². The van der Waals surface area contributed by atoms with Gasteiger partial charge >= 0.3 is 12.2 Å². The Hall–Kier alpha value is -3.64. The lowest BCUT2D eigenvalue weighted by Crippen LogP contribution is -2.50. The van der Waals surface area contributed by atoms with E-state index in [1.54, 1.807) is 28.0 Å². The number of halogens is 3. The van der Waals surface area contributed by atoms with Crippen LogP contribution in [-0.2, 0) is 28.4 Å². The van der Waals surface area contributed by atoms with Gasteiger partial charge in [-0.1, -0.05) is 15.9 Å². The average Bonchev–Trinajstić information content (AvgIpc) is 3.22. The molecule has 0 bridgehead atoms. The molecule has 4 saturated heterocycles. The van der Waals surface area contributed by atoms with Crippen LogP contribution >= 0.6 is 15.9 Å². The molecule has 4 aliphatic rings. The number of aromatic hydroxyl groups is 1. The van der Waals surface area contributed by atoms with Crippen molar-refractivity contribution in [2.24, 2.45) is 0 Å². The van der Waals surface area contributed by atoms with Gasteiger partial charge in [0.15, 0.2) is 12.6 Å². The van der Waals surface area contributed by atoms with Crippen molar-refractivity contribution >= 4 is 39.5 Å². The van der Waals surface area contributed by atoms with E-state index in [0.29, 0.717) is 82.7 Å². The molecule has 1 N–H and O–H groups in total. The maximum Gasteiger partial charge on any atom is 0.410 e. The minimum atomic E-state index is -0.523. The zero-order chi connectivity index (χ0) is 44.4. The van der Waals surface area contributed by atoms with Gasteiger partial charge in [-0.25, -0.2) is 18.4 Å². The second-order valence-electron chi connectivity index (χ2n) is 17.0. The highest BCUT2D eigenvalue weighted by molar-refractivity contribution is 9.09. The van der Waals surface area contributed by atoms with E-state index < -0.39 is 17.0 Å². The molecule has 4 fully saturated rings. The molecule has 6 rings (SSSR count). The summed E-state index contributed by atoms with van der Waals surface area (Å²) in [6.45, 7) is 18.2. The number of alkyl halides is 1. The predicted octanol–water partition coefficient (Wildman–Crippen LogP) is 8.32. The van der Waals surface area contributed by atoms with Gasteiger partial charge in [0, 0.05) is 83.0 Å². The van der Waals surface area contributed by atoms with E-state index in [4.69, 9.17) is 33.2 Å². The van der Waals surface area contributed by atoms with Crippen LogP contribution in [-0.4, -0.2) is 142 Å². The third kappa shape index (κ3) is 18.3. The number of carbonyl (C=O) groups is 2. The molecule has 4 heterocycles. The van der Waals surface area contributed by atoms with E-state index in [-0.39, 0.29) is 36.3 Å². The molecule has 2 aromatic rings. The molecule has 0 saturated carbocycles. The molecule has 344 valence electrons. The molecule has 61 heavy (non-hydrogen) atoms. The van der Waals surface area contributed by atoms with Crippen molar-refractivity contribution in [3.63, 3.8) is 0 Å². The molecule has 0 radical (unpaired) electrons. The summed E-state index contributed by atoms with van der Waals surface area (Å²) in [6.07, 6.45) is 5.86. The van der Waals surface area contributed by atoms with Crippen molar-refractivity contribution in [3.8, 4) is 11.5 Å². The van der Waals surface area contributed by atoms with E-state index in [1.807, 2.05) is 51.3 Å². The Kier molecular flexibility index (Phi) is 20.4. The van der Waals surface area contributed by atoms with Crippen LogP contribution in [0.5, 0.6) is 11.5 Å². The van der Waals surface area contributed by atoms with Crippen molar-refractivity contribution in [1.82, 2.24) is 9.80 Å². The van der Waals surface area contributed by atoms with E-state index >= 15 is 0 Å². The first kappa shape index (κ1) is 50.0. The number of anilines is 2. The van der Waals surface area contributed by atoms with Gasteiger partial charge < -0.3 is 57.9 Å². The molecule has 14 nitrogen and oxygen atoms in total. The van der Waals surface area contributed by atoms with Crippen LogP contribution in [0.1, 0.15) is 80.1 Å². The van der Waals surface area contributed by atoms with Crippen LogP contribution in [0.2, 0.25) is 0 Å². The maximum atomic E-state index is 14.6. The van der Waals surface area contributed by atoms with E-state index in [1.165, 1.54) is 25.0 Å². The van der Waals surface area contributed by atoms with Gasteiger partial charge in [-0.05, 0) is 104 Å². The molecular formula is C44H67BrF2N4O10. The van der Waals surface area contributed by atoms with Crippen molar-refractivity contribution in [2.75, 3.05) is 101 Å². The fraction of sp³-hybridized carbons (Fsp3) is 0.682. The number of nitrogens with zero attached hydrogens (tertiary/aromatic N) is 4. The number of hydrogen-bond donors (Lipinski definition) is 1. The number of amides is 2. The number of rotatable bonds is 10. The van der Waals surface area contributed by atoms with Crippen LogP contribution < -0.4 is 14.5 Å². The highest BCUT2D eigenvalue weighted by Crippen LogP contribution is 2.27. The van der Waals surface area contributed by atoms with Crippen molar-refractivity contribution < 1.29 is 56.6 Å². The van der Waals surface area contributed by atoms with Crippen molar-refractivity contribution in [3.05, 3.63) is 48.0 Å². The second-order valence-corrected chi connectivity index (χ2v) is 17.8. The molecule has 2 amide bonds. The quantitative estimate of drug-likeness (QED) is 0.182. The van der Waals surface area contributed by atoms with Gasteiger partial charge in [-0.15, -0.1) is 0 Å².